The third kappa shape index (κ3) is 4.63. The minimum absolute atomic E-state index is 0.00112. The normalized spacial score (nSPS) is 12.4. The molecule has 0 heterocycles. The van der Waals surface area contributed by atoms with Gasteiger partial charge in [0.25, 0.3) is 0 Å². The van der Waals surface area contributed by atoms with Gasteiger partial charge in [0.05, 0.1) is 13.7 Å². The van der Waals surface area contributed by atoms with Crippen LogP contribution in [0.4, 0.5) is 0 Å². The molecule has 0 saturated heterocycles. The Balaban J connectivity index is 3.35. The van der Waals surface area contributed by atoms with Crippen molar-refractivity contribution < 1.29 is 14.2 Å². The number of hydrogen-bond acceptors (Lipinski definition) is 3. The quantitative estimate of drug-likeness (QED) is 0.757. The van der Waals surface area contributed by atoms with Crippen LogP contribution >= 0.6 is 0 Å². The van der Waals surface area contributed by atoms with Crippen LogP contribution in [0.25, 0.3) is 0 Å². The minimum Gasteiger partial charge on any atom is -0.496 e. The number of methoxy groups -OCH3 is 2. The van der Waals surface area contributed by atoms with E-state index in [1.165, 1.54) is 0 Å². The van der Waals surface area contributed by atoms with Crippen molar-refractivity contribution in [3.63, 3.8) is 0 Å². The molecule has 0 radical (unpaired) electrons. The van der Waals surface area contributed by atoms with Gasteiger partial charge in [0.2, 0.25) is 0 Å². The van der Waals surface area contributed by atoms with Crippen molar-refractivity contribution in [2.75, 3.05) is 27.4 Å². The van der Waals surface area contributed by atoms with Crippen molar-refractivity contribution >= 4 is 0 Å². The van der Waals surface area contributed by atoms with E-state index in [9.17, 15) is 0 Å². The SMILES string of the molecule is COCCOc1cc(C(C)(C)C)c(OC)cc1C(C)(C)C. The maximum absolute atomic E-state index is 5.96. The van der Waals surface area contributed by atoms with Crippen LogP contribution < -0.4 is 9.47 Å². The van der Waals surface area contributed by atoms with Gasteiger partial charge in [0.1, 0.15) is 18.1 Å². The van der Waals surface area contributed by atoms with Crippen molar-refractivity contribution in [3.8, 4) is 11.5 Å². The first kappa shape index (κ1) is 17.8. The summed E-state index contributed by atoms with van der Waals surface area (Å²) in [6, 6.07) is 4.23. The van der Waals surface area contributed by atoms with E-state index in [1.54, 1.807) is 14.2 Å². The van der Waals surface area contributed by atoms with Crippen molar-refractivity contribution in [3.05, 3.63) is 23.3 Å². The van der Waals surface area contributed by atoms with E-state index >= 15 is 0 Å². The molecule has 120 valence electrons. The van der Waals surface area contributed by atoms with Gasteiger partial charge in [-0.1, -0.05) is 41.5 Å². The fraction of sp³-hybridized carbons (Fsp3) is 0.667. The van der Waals surface area contributed by atoms with E-state index in [4.69, 9.17) is 14.2 Å². The van der Waals surface area contributed by atoms with Gasteiger partial charge in [-0.3, -0.25) is 0 Å². The zero-order chi connectivity index (χ0) is 16.3. The van der Waals surface area contributed by atoms with Gasteiger partial charge in [-0.05, 0) is 23.0 Å². The van der Waals surface area contributed by atoms with E-state index in [0.717, 1.165) is 22.6 Å². The van der Waals surface area contributed by atoms with Gasteiger partial charge >= 0.3 is 0 Å². The van der Waals surface area contributed by atoms with Gasteiger partial charge in [0.15, 0.2) is 0 Å². The zero-order valence-electron chi connectivity index (χ0n) is 14.8. The van der Waals surface area contributed by atoms with Gasteiger partial charge in [-0.25, -0.2) is 0 Å². The van der Waals surface area contributed by atoms with E-state index in [0.29, 0.717) is 13.2 Å². The maximum Gasteiger partial charge on any atom is 0.123 e. The molecule has 0 aliphatic carbocycles. The second-order valence-electron chi connectivity index (χ2n) is 7.39. The third-order valence-electron chi connectivity index (χ3n) is 3.46. The van der Waals surface area contributed by atoms with E-state index < -0.39 is 0 Å². The molecule has 0 saturated carbocycles. The topological polar surface area (TPSA) is 27.7 Å². The monoisotopic (exact) mass is 294 g/mol. The Morgan fingerprint density at radius 3 is 1.67 bits per heavy atom. The molecule has 0 fully saturated rings. The molecule has 0 unspecified atom stereocenters. The van der Waals surface area contributed by atoms with Gasteiger partial charge in [-0.15, -0.1) is 0 Å². The van der Waals surface area contributed by atoms with Crippen LogP contribution in [0, 0.1) is 0 Å². The molecule has 0 atom stereocenters. The average Bonchev–Trinajstić information content (AvgIpc) is 2.36. The number of rotatable bonds is 5. The molecule has 0 aliphatic rings. The van der Waals surface area contributed by atoms with E-state index in [2.05, 4.69) is 53.7 Å². The van der Waals surface area contributed by atoms with Crippen LogP contribution in [-0.2, 0) is 15.6 Å². The molecule has 3 nitrogen and oxygen atoms in total. The standard InChI is InChI=1S/C18H30O3/c1-17(2,3)13-12-16(21-10-9-19-7)14(18(4,5)6)11-15(13)20-8/h11-12H,9-10H2,1-8H3. The highest BCUT2D eigenvalue weighted by Crippen LogP contribution is 2.41. The summed E-state index contributed by atoms with van der Waals surface area (Å²) in [4.78, 5) is 0. The van der Waals surface area contributed by atoms with Gasteiger partial charge < -0.3 is 14.2 Å². The molecule has 0 aliphatic heterocycles. The van der Waals surface area contributed by atoms with Crippen molar-refractivity contribution in [1.82, 2.24) is 0 Å². The first-order valence-corrected chi connectivity index (χ1v) is 7.46. The lowest BCUT2D eigenvalue weighted by Gasteiger charge is -2.28. The highest BCUT2D eigenvalue weighted by molar-refractivity contribution is 5.51. The number of ether oxygens (including phenoxy) is 3. The molecule has 0 amide bonds. The number of hydrogen-bond donors (Lipinski definition) is 0. The lowest BCUT2D eigenvalue weighted by atomic mass is 9.81. The summed E-state index contributed by atoms with van der Waals surface area (Å²) in [5.74, 6) is 1.84. The van der Waals surface area contributed by atoms with Crippen molar-refractivity contribution in [2.45, 2.75) is 52.4 Å². The lowest BCUT2D eigenvalue weighted by Crippen LogP contribution is -2.19. The molecule has 1 aromatic rings. The van der Waals surface area contributed by atoms with Crippen molar-refractivity contribution in [2.24, 2.45) is 0 Å². The maximum atomic E-state index is 5.96. The first-order chi connectivity index (χ1) is 9.61. The molecule has 21 heavy (non-hydrogen) atoms. The smallest absolute Gasteiger partial charge is 0.123 e. The van der Waals surface area contributed by atoms with Crippen LogP contribution in [0.1, 0.15) is 52.7 Å². The van der Waals surface area contributed by atoms with E-state index in [-0.39, 0.29) is 10.8 Å². The van der Waals surface area contributed by atoms with Crippen molar-refractivity contribution in [1.29, 1.82) is 0 Å². The first-order valence-electron chi connectivity index (χ1n) is 7.46. The Kier molecular flexibility index (Phi) is 5.68. The second-order valence-corrected chi connectivity index (χ2v) is 7.39. The van der Waals surface area contributed by atoms with Gasteiger partial charge in [0, 0.05) is 18.2 Å². The number of benzene rings is 1. The highest BCUT2D eigenvalue weighted by atomic mass is 16.5. The minimum atomic E-state index is -0.00784. The molecule has 1 rings (SSSR count). The predicted octanol–water partition coefficient (Wildman–Crippen LogP) is 4.32. The van der Waals surface area contributed by atoms with Crippen LogP contribution in [-0.4, -0.2) is 27.4 Å². The highest BCUT2D eigenvalue weighted by Gasteiger charge is 2.26. The predicted molar refractivity (Wildman–Crippen MR) is 87.8 cm³/mol. The van der Waals surface area contributed by atoms with Crippen LogP contribution in [0.5, 0.6) is 11.5 Å². The summed E-state index contributed by atoms with van der Waals surface area (Å²) in [7, 11) is 3.41. The summed E-state index contributed by atoms with van der Waals surface area (Å²) < 4.78 is 16.6. The Morgan fingerprint density at radius 1 is 0.762 bits per heavy atom. The molecule has 0 bridgehead atoms. The Bertz CT molecular complexity index is 465. The zero-order valence-corrected chi connectivity index (χ0v) is 14.8. The van der Waals surface area contributed by atoms with E-state index in [1.807, 2.05) is 0 Å². The molecule has 1 aromatic carbocycles. The summed E-state index contributed by atoms with van der Waals surface area (Å²) in [5, 5.41) is 0. The van der Waals surface area contributed by atoms with Crippen LogP contribution in [0.2, 0.25) is 0 Å². The third-order valence-corrected chi connectivity index (χ3v) is 3.46. The summed E-state index contributed by atoms with van der Waals surface area (Å²) >= 11 is 0. The average molecular weight is 294 g/mol. The Labute approximate surface area is 129 Å². The summed E-state index contributed by atoms with van der Waals surface area (Å²) in [6.45, 7) is 14.2. The molecule has 0 spiro atoms. The fourth-order valence-corrected chi connectivity index (χ4v) is 2.26. The Hall–Kier alpha value is -1.22. The molecule has 3 heteroatoms. The fourth-order valence-electron chi connectivity index (χ4n) is 2.26. The molecular weight excluding hydrogens is 264 g/mol. The van der Waals surface area contributed by atoms with Crippen LogP contribution in [0.15, 0.2) is 12.1 Å². The molecule has 0 aromatic heterocycles. The lowest BCUT2D eigenvalue weighted by molar-refractivity contribution is 0.145. The molecule has 0 N–H and O–H groups in total. The largest absolute Gasteiger partial charge is 0.496 e. The Morgan fingerprint density at radius 2 is 1.24 bits per heavy atom. The summed E-state index contributed by atoms with van der Waals surface area (Å²) in [5.41, 5.74) is 2.31. The van der Waals surface area contributed by atoms with Crippen LogP contribution in [0.3, 0.4) is 0 Å². The van der Waals surface area contributed by atoms with Gasteiger partial charge in [-0.2, -0.15) is 0 Å². The summed E-state index contributed by atoms with van der Waals surface area (Å²) in [6.07, 6.45) is 0. The molecular formula is C18H30O3. The second kappa shape index (κ2) is 6.69.